The van der Waals surface area contributed by atoms with Gasteiger partial charge in [0, 0.05) is 6.54 Å². The Balaban J connectivity index is 3.22. The Labute approximate surface area is 98.2 Å². The second kappa shape index (κ2) is 10.7. The van der Waals surface area contributed by atoms with E-state index in [2.05, 4.69) is 12.3 Å². The lowest BCUT2D eigenvalue weighted by atomic mass is 10.1. The van der Waals surface area contributed by atoms with Crippen LogP contribution in [0, 0.1) is 5.41 Å². The lowest BCUT2D eigenvalue weighted by Gasteiger charge is -2.16. The van der Waals surface area contributed by atoms with Crippen LogP contribution in [0.25, 0.3) is 0 Å². The Morgan fingerprint density at radius 2 is 1.75 bits per heavy atom. The number of hydrogen-bond acceptors (Lipinski definition) is 3. The van der Waals surface area contributed by atoms with Crippen molar-refractivity contribution in [3.05, 3.63) is 0 Å². The third-order valence-corrected chi connectivity index (χ3v) is 2.47. The lowest BCUT2D eigenvalue weighted by Crippen LogP contribution is -3.03. The van der Waals surface area contributed by atoms with Crippen LogP contribution >= 0.6 is 0 Å². The Morgan fingerprint density at radius 1 is 1.19 bits per heavy atom. The molecule has 0 aliphatic heterocycles. The Hall–Kier alpha value is -0.850. The maximum Gasteiger partial charge on any atom is 0.256 e. The molecule has 0 fully saturated rings. The smallest absolute Gasteiger partial charge is 0.256 e. The molecule has 0 amide bonds. The number of hydrazine groups is 1. The summed E-state index contributed by atoms with van der Waals surface area (Å²) < 4.78 is 0. The van der Waals surface area contributed by atoms with Gasteiger partial charge in [-0.1, -0.05) is 45.4 Å². The lowest BCUT2D eigenvalue weighted by molar-refractivity contribution is -0.806. The van der Waals surface area contributed by atoms with Crippen molar-refractivity contribution in [2.24, 2.45) is 11.6 Å². The number of quaternary nitrogens is 1. The average Bonchev–Trinajstić information content (AvgIpc) is 2.26. The number of nitrogens with zero attached hydrogens (tertiary/aromatic N) is 1. The first-order chi connectivity index (χ1) is 7.72. The van der Waals surface area contributed by atoms with Gasteiger partial charge in [0.1, 0.15) is 0 Å². The second-order valence-electron chi connectivity index (χ2n) is 3.93. The summed E-state index contributed by atoms with van der Waals surface area (Å²) in [5, 5.41) is 8.50. The molecule has 0 aromatic carbocycles. The van der Waals surface area contributed by atoms with Crippen molar-refractivity contribution in [1.82, 2.24) is 10.5 Å². The SMILES string of the molecule is CCCCCCCCCNN([NH2+]N)C(=N)N. The number of guanidine groups is 1. The zero-order valence-electron chi connectivity index (χ0n) is 10.3. The van der Waals surface area contributed by atoms with Crippen LogP contribution < -0.4 is 22.5 Å². The standard InChI is InChI=1S/C10H26N6/c1-2-3-4-5-6-7-8-9-14-16(15-13)10(11)12/h14-15H,2-9,13H2,1H3,(H3,11,12)/p+1. The van der Waals surface area contributed by atoms with Gasteiger partial charge in [0.25, 0.3) is 5.96 Å². The molecular weight excluding hydrogens is 204 g/mol. The molecule has 0 aliphatic rings. The van der Waals surface area contributed by atoms with Gasteiger partial charge in [-0.15, -0.1) is 5.12 Å². The minimum absolute atomic E-state index is 0.0783. The van der Waals surface area contributed by atoms with Gasteiger partial charge < -0.3 is 5.73 Å². The van der Waals surface area contributed by atoms with E-state index in [1.54, 1.807) is 0 Å². The molecule has 0 bridgehead atoms. The van der Waals surface area contributed by atoms with Crippen molar-refractivity contribution >= 4 is 5.96 Å². The highest BCUT2D eigenvalue weighted by Crippen LogP contribution is 2.06. The monoisotopic (exact) mass is 231 g/mol. The van der Waals surface area contributed by atoms with Crippen LogP contribution in [0.4, 0.5) is 0 Å². The molecule has 0 saturated carbocycles. The summed E-state index contributed by atoms with van der Waals surface area (Å²) >= 11 is 0. The summed E-state index contributed by atoms with van der Waals surface area (Å²) in [5.41, 5.74) is 9.52. The fraction of sp³-hybridized carbons (Fsp3) is 0.900. The van der Waals surface area contributed by atoms with Gasteiger partial charge >= 0.3 is 0 Å². The maximum atomic E-state index is 7.17. The fourth-order valence-corrected chi connectivity index (χ4v) is 1.50. The van der Waals surface area contributed by atoms with Gasteiger partial charge in [-0.25, -0.2) is 0 Å². The summed E-state index contributed by atoms with van der Waals surface area (Å²) in [6, 6.07) is 0. The van der Waals surface area contributed by atoms with Gasteiger partial charge in [-0.3, -0.25) is 5.41 Å². The highest BCUT2D eigenvalue weighted by molar-refractivity contribution is 5.72. The third-order valence-electron chi connectivity index (χ3n) is 2.47. The molecule has 8 N–H and O–H groups in total. The van der Waals surface area contributed by atoms with Crippen molar-refractivity contribution < 1.29 is 5.53 Å². The predicted octanol–water partition coefficient (Wildman–Crippen LogP) is -0.211. The normalized spacial score (nSPS) is 10.4. The number of nitrogens with one attached hydrogen (secondary N) is 2. The fourth-order valence-electron chi connectivity index (χ4n) is 1.50. The van der Waals surface area contributed by atoms with E-state index in [9.17, 15) is 0 Å². The van der Waals surface area contributed by atoms with Crippen LogP contribution in [0.15, 0.2) is 0 Å². The highest BCUT2D eigenvalue weighted by Gasteiger charge is 2.05. The molecule has 0 aliphatic carbocycles. The highest BCUT2D eigenvalue weighted by atomic mass is 15.8. The molecule has 6 heteroatoms. The molecule has 0 saturated heterocycles. The number of rotatable bonds is 10. The van der Waals surface area contributed by atoms with Crippen molar-refractivity contribution in [2.45, 2.75) is 51.9 Å². The first-order valence-corrected chi connectivity index (χ1v) is 6.14. The summed E-state index contributed by atoms with van der Waals surface area (Å²) in [6.45, 7) is 3.03. The molecule has 0 spiro atoms. The van der Waals surface area contributed by atoms with Gasteiger partial charge in [-0.2, -0.15) is 16.8 Å². The molecule has 16 heavy (non-hydrogen) atoms. The van der Waals surface area contributed by atoms with Gasteiger partial charge in [0.15, 0.2) is 0 Å². The van der Waals surface area contributed by atoms with Crippen LogP contribution in [0.3, 0.4) is 0 Å². The van der Waals surface area contributed by atoms with E-state index in [1.807, 2.05) is 0 Å². The Morgan fingerprint density at radius 3 is 2.25 bits per heavy atom. The summed E-state index contributed by atoms with van der Waals surface area (Å²) in [6.07, 6.45) is 8.90. The van der Waals surface area contributed by atoms with Crippen LogP contribution in [0.1, 0.15) is 51.9 Å². The zero-order valence-corrected chi connectivity index (χ0v) is 10.3. The minimum Gasteiger partial charge on any atom is -0.365 e. The second-order valence-corrected chi connectivity index (χ2v) is 3.93. The first kappa shape index (κ1) is 15.2. The molecule has 0 radical (unpaired) electrons. The number of hydrogen-bond donors (Lipinski definition) is 5. The topological polar surface area (TPSA) is 108 Å². The van der Waals surface area contributed by atoms with Crippen LogP contribution in [0.2, 0.25) is 0 Å². The third kappa shape index (κ3) is 8.46. The van der Waals surface area contributed by atoms with Crippen LogP contribution in [-0.2, 0) is 0 Å². The molecule has 0 aromatic rings. The molecule has 96 valence electrons. The molecular formula is C10H27N6+. The van der Waals surface area contributed by atoms with Gasteiger partial charge in [-0.05, 0) is 6.42 Å². The van der Waals surface area contributed by atoms with E-state index in [4.69, 9.17) is 17.0 Å². The first-order valence-electron chi connectivity index (χ1n) is 6.14. The molecule has 6 nitrogen and oxygen atoms in total. The summed E-state index contributed by atoms with van der Waals surface area (Å²) in [7, 11) is 0. The average molecular weight is 231 g/mol. The van der Waals surface area contributed by atoms with E-state index < -0.39 is 0 Å². The molecule has 0 rings (SSSR count). The molecule has 0 heterocycles. The quantitative estimate of drug-likeness (QED) is 0.118. The van der Waals surface area contributed by atoms with Crippen LogP contribution in [-0.4, -0.2) is 17.6 Å². The van der Waals surface area contributed by atoms with Crippen molar-refractivity contribution in [3.63, 3.8) is 0 Å². The summed E-state index contributed by atoms with van der Waals surface area (Å²) in [4.78, 5) is 0. The summed E-state index contributed by atoms with van der Waals surface area (Å²) in [5.74, 6) is 5.21. The van der Waals surface area contributed by atoms with Gasteiger partial charge in [0.05, 0.1) is 0 Å². The largest absolute Gasteiger partial charge is 0.365 e. The molecule has 0 atom stereocenters. The van der Waals surface area contributed by atoms with Crippen LogP contribution in [0.5, 0.6) is 0 Å². The van der Waals surface area contributed by atoms with E-state index in [-0.39, 0.29) is 5.96 Å². The van der Waals surface area contributed by atoms with E-state index in [1.165, 1.54) is 49.2 Å². The van der Waals surface area contributed by atoms with Crippen molar-refractivity contribution in [3.8, 4) is 0 Å². The number of nitrogens with two attached hydrogens (primary N) is 3. The minimum atomic E-state index is -0.0783. The number of unbranched alkanes of at least 4 members (excludes halogenated alkanes) is 6. The van der Waals surface area contributed by atoms with Crippen molar-refractivity contribution in [2.75, 3.05) is 6.54 Å². The van der Waals surface area contributed by atoms with Crippen molar-refractivity contribution in [1.29, 1.82) is 5.41 Å². The van der Waals surface area contributed by atoms with E-state index in [0.717, 1.165) is 13.0 Å². The Bertz CT molecular complexity index is 173. The zero-order chi connectivity index (χ0) is 12.2. The van der Waals surface area contributed by atoms with E-state index in [0.29, 0.717) is 0 Å². The van der Waals surface area contributed by atoms with Gasteiger partial charge in [0.2, 0.25) is 0 Å². The Kier molecular flexibility index (Phi) is 10.1. The predicted molar refractivity (Wildman–Crippen MR) is 65.9 cm³/mol. The maximum absolute atomic E-state index is 7.17. The molecule has 0 unspecified atom stereocenters. The van der Waals surface area contributed by atoms with E-state index >= 15 is 0 Å². The molecule has 0 aromatic heterocycles.